The quantitative estimate of drug-likeness (QED) is 0.637. The molecule has 0 bridgehead atoms. The van der Waals surface area contributed by atoms with E-state index >= 15 is 0 Å². The molecular weight excluding hydrogens is 161 g/mol. The Hall–Kier alpha value is -0.830. The topological polar surface area (TPSA) is 12.9 Å². The fraction of sp³-hybridized carbons (Fsp3) is 0.125. The summed E-state index contributed by atoms with van der Waals surface area (Å²) in [4.78, 5) is 4.75. The second kappa shape index (κ2) is 3.53. The molecule has 0 saturated carbocycles. The minimum Gasteiger partial charge on any atom is -0.255 e. The third kappa shape index (κ3) is 2.05. The van der Waals surface area contributed by atoms with Crippen LogP contribution in [0.15, 0.2) is 23.5 Å². The van der Waals surface area contributed by atoms with E-state index in [0.29, 0.717) is 12.0 Å². The summed E-state index contributed by atoms with van der Waals surface area (Å²) in [7, 11) is 0. The minimum absolute atomic E-state index is 0.480. The van der Waals surface area contributed by atoms with E-state index in [4.69, 9.17) is 0 Å². The van der Waals surface area contributed by atoms with Gasteiger partial charge in [0, 0.05) is 11.1 Å². The number of aryl methyl sites for hydroxylation is 1. The molecule has 1 heterocycles. The molecular formula is C8H8FNS. The predicted octanol–water partition coefficient (Wildman–Crippen LogP) is 2.62. The van der Waals surface area contributed by atoms with Crippen LogP contribution in [-0.2, 0) is 0 Å². The molecule has 0 aliphatic heterocycles. The first kappa shape index (κ1) is 8.27. The molecule has 1 aromatic heterocycles. The molecule has 0 atom stereocenters. The summed E-state index contributed by atoms with van der Waals surface area (Å²) in [6.07, 6.45) is 3.39. The van der Waals surface area contributed by atoms with Crippen molar-refractivity contribution in [1.29, 1.82) is 0 Å². The van der Waals surface area contributed by atoms with Gasteiger partial charge in [-0.15, -0.1) is 12.6 Å². The lowest BCUT2D eigenvalue weighted by Gasteiger charge is -1.98. The van der Waals surface area contributed by atoms with Crippen molar-refractivity contribution in [3.63, 3.8) is 0 Å². The van der Waals surface area contributed by atoms with Crippen LogP contribution in [0.3, 0.4) is 0 Å². The third-order valence-electron chi connectivity index (χ3n) is 1.33. The van der Waals surface area contributed by atoms with Gasteiger partial charge >= 0.3 is 0 Å². The van der Waals surface area contributed by atoms with Gasteiger partial charge in [-0.3, -0.25) is 4.98 Å². The number of nitrogens with zero attached hydrogens (tertiary/aromatic N) is 1. The smallest absolute Gasteiger partial charge is 0.0888 e. The average molecular weight is 169 g/mol. The van der Waals surface area contributed by atoms with Gasteiger partial charge in [-0.25, -0.2) is 4.39 Å². The maximum Gasteiger partial charge on any atom is 0.0888 e. The monoisotopic (exact) mass is 169 g/mol. The van der Waals surface area contributed by atoms with Crippen molar-refractivity contribution >= 4 is 18.7 Å². The summed E-state index contributed by atoms with van der Waals surface area (Å²) in [5, 5.41) is 0. The van der Waals surface area contributed by atoms with Crippen LogP contribution in [0.5, 0.6) is 0 Å². The highest BCUT2D eigenvalue weighted by Crippen LogP contribution is 2.11. The van der Waals surface area contributed by atoms with E-state index < -0.39 is 0 Å². The summed E-state index contributed by atoms with van der Waals surface area (Å²) in [6.45, 7) is 1.86. The van der Waals surface area contributed by atoms with Crippen LogP contribution in [-0.4, -0.2) is 4.98 Å². The van der Waals surface area contributed by atoms with E-state index in [1.54, 1.807) is 6.20 Å². The van der Waals surface area contributed by atoms with E-state index in [9.17, 15) is 4.39 Å². The van der Waals surface area contributed by atoms with E-state index in [-0.39, 0.29) is 0 Å². The first-order valence-electron chi connectivity index (χ1n) is 3.16. The Kier molecular flexibility index (Phi) is 2.65. The third-order valence-corrected chi connectivity index (χ3v) is 1.57. The second-order valence-corrected chi connectivity index (χ2v) is 2.70. The Morgan fingerprint density at radius 1 is 1.64 bits per heavy atom. The molecule has 3 heteroatoms. The van der Waals surface area contributed by atoms with Crippen LogP contribution in [0.4, 0.5) is 4.39 Å². The first-order valence-corrected chi connectivity index (χ1v) is 3.61. The molecule has 1 rings (SSSR count). The Labute approximate surface area is 70.4 Å². The van der Waals surface area contributed by atoms with Gasteiger partial charge in [0.2, 0.25) is 0 Å². The average Bonchev–Trinajstić information content (AvgIpc) is 1.95. The zero-order chi connectivity index (χ0) is 8.27. The lowest BCUT2D eigenvalue weighted by molar-refractivity contribution is 0.727. The second-order valence-electron chi connectivity index (χ2n) is 2.19. The highest BCUT2D eigenvalue weighted by Gasteiger charge is 1.94. The fourth-order valence-electron chi connectivity index (χ4n) is 0.805. The molecule has 0 unspecified atom stereocenters. The Bertz CT molecular complexity index is 283. The van der Waals surface area contributed by atoms with E-state index in [1.165, 1.54) is 6.08 Å². The zero-order valence-corrected chi connectivity index (χ0v) is 6.98. The van der Waals surface area contributed by atoms with Crippen LogP contribution in [0.2, 0.25) is 0 Å². The largest absolute Gasteiger partial charge is 0.255 e. The number of rotatable bonds is 1. The summed E-state index contributed by atoms with van der Waals surface area (Å²) < 4.78 is 11.7. The summed E-state index contributed by atoms with van der Waals surface area (Å²) >= 11 is 4.09. The summed E-state index contributed by atoms with van der Waals surface area (Å²) in [6, 6.07) is 1.84. The molecule has 0 radical (unpaired) electrons. The van der Waals surface area contributed by atoms with Crippen LogP contribution < -0.4 is 0 Å². The molecule has 0 saturated heterocycles. The standard InChI is InChI=1S/C8H8FNS/c1-6-4-7(11)5-10-8(6)2-3-9/h2-5,11H,1H3/b3-2+. The van der Waals surface area contributed by atoms with Crippen LogP contribution in [0.25, 0.3) is 6.08 Å². The zero-order valence-electron chi connectivity index (χ0n) is 6.08. The van der Waals surface area contributed by atoms with Gasteiger partial charge in [0.25, 0.3) is 0 Å². The number of thiol groups is 1. The number of pyridine rings is 1. The van der Waals surface area contributed by atoms with Crippen LogP contribution in [0.1, 0.15) is 11.3 Å². The first-order chi connectivity index (χ1) is 5.24. The van der Waals surface area contributed by atoms with Crippen molar-refractivity contribution in [2.75, 3.05) is 0 Å². The number of aromatic nitrogens is 1. The molecule has 0 aromatic carbocycles. The fourth-order valence-corrected chi connectivity index (χ4v) is 1.06. The van der Waals surface area contributed by atoms with Gasteiger partial charge in [-0.2, -0.15) is 0 Å². The van der Waals surface area contributed by atoms with Crippen molar-refractivity contribution in [2.45, 2.75) is 11.8 Å². The molecule has 1 aromatic rings. The van der Waals surface area contributed by atoms with E-state index in [1.807, 2.05) is 13.0 Å². The lowest BCUT2D eigenvalue weighted by atomic mass is 10.2. The van der Waals surface area contributed by atoms with Gasteiger partial charge in [-0.1, -0.05) is 0 Å². The lowest BCUT2D eigenvalue weighted by Crippen LogP contribution is -1.85. The van der Waals surface area contributed by atoms with Gasteiger partial charge in [-0.05, 0) is 24.6 Å². The minimum atomic E-state index is 0.480. The van der Waals surface area contributed by atoms with Gasteiger partial charge in [0.05, 0.1) is 12.0 Å². The van der Waals surface area contributed by atoms with Crippen molar-refractivity contribution < 1.29 is 4.39 Å². The van der Waals surface area contributed by atoms with Crippen LogP contribution in [0, 0.1) is 6.92 Å². The molecule has 0 aliphatic rings. The molecule has 0 aliphatic carbocycles. The highest BCUT2D eigenvalue weighted by atomic mass is 32.1. The van der Waals surface area contributed by atoms with Gasteiger partial charge in [0.1, 0.15) is 0 Å². The van der Waals surface area contributed by atoms with Crippen LogP contribution >= 0.6 is 12.6 Å². The van der Waals surface area contributed by atoms with Crippen molar-refractivity contribution in [2.24, 2.45) is 0 Å². The molecule has 58 valence electrons. The number of hydrogen-bond acceptors (Lipinski definition) is 2. The van der Waals surface area contributed by atoms with E-state index in [2.05, 4.69) is 17.6 Å². The normalized spacial score (nSPS) is 10.8. The summed E-state index contributed by atoms with van der Waals surface area (Å²) in [5.74, 6) is 0. The predicted molar refractivity (Wildman–Crippen MR) is 46.4 cm³/mol. The number of halogens is 1. The Morgan fingerprint density at radius 2 is 2.36 bits per heavy atom. The molecule has 0 spiro atoms. The maximum atomic E-state index is 11.7. The summed E-state index contributed by atoms with van der Waals surface area (Å²) in [5.41, 5.74) is 1.57. The number of hydrogen-bond donors (Lipinski definition) is 1. The highest BCUT2D eigenvalue weighted by molar-refractivity contribution is 7.80. The van der Waals surface area contributed by atoms with Gasteiger partial charge < -0.3 is 0 Å². The van der Waals surface area contributed by atoms with E-state index in [0.717, 1.165) is 10.5 Å². The molecule has 1 nitrogen and oxygen atoms in total. The van der Waals surface area contributed by atoms with Crippen molar-refractivity contribution in [3.05, 3.63) is 29.9 Å². The molecule has 11 heavy (non-hydrogen) atoms. The molecule has 0 N–H and O–H groups in total. The molecule has 0 fully saturated rings. The van der Waals surface area contributed by atoms with Crippen molar-refractivity contribution in [3.8, 4) is 0 Å². The van der Waals surface area contributed by atoms with Crippen molar-refractivity contribution in [1.82, 2.24) is 4.98 Å². The molecule has 0 amide bonds. The maximum absolute atomic E-state index is 11.7. The Morgan fingerprint density at radius 3 is 2.91 bits per heavy atom. The van der Waals surface area contributed by atoms with Gasteiger partial charge in [0.15, 0.2) is 0 Å². The Balaban J connectivity index is 3.09. The SMILES string of the molecule is Cc1cc(S)cnc1/C=C/F.